The molecule has 1 fully saturated rings. The monoisotopic (exact) mass is 627 g/mol. The van der Waals surface area contributed by atoms with Gasteiger partial charge >= 0.3 is 6.36 Å². The summed E-state index contributed by atoms with van der Waals surface area (Å²) in [5.41, 5.74) is 3.06. The second-order valence-corrected chi connectivity index (χ2v) is 8.97. The van der Waals surface area contributed by atoms with E-state index >= 15 is 0 Å². The first-order valence-electron chi connectivity index (χ1n) is 13.1. The summed E-state index contributed by atoms with van der Waals surface area (Å²) in [6.45, 7) is 15.7. The normalized spacial score (nSPS) is 13.8. The molecule has 1 saturated heterocycles. The Morgan fingerprint density at radius 1 is 1.25 bits per heavy atom. The number of allylic oxidation sites excluding steroid dienone is 4. The average Bonchev–Trinajstić information content (AvgIpc) is 3.35. The zero-order valence-corrected chi connectivity index (χ0v) is 25.3. The third-order valence-electron chi connectivity index (χ3n) is 5.20. The topological polar surface area (TPSA) is 89.4 Å². The van der Waals surface area contributed by atoms with Gasteiger partial charge in [0.05, 0.1) is 17.9 Å². The number of ether oxygens (including phenoxy) is 1. The lowest BCUT2D eigenvalue weighted by Gasteiger charge is -2.25. The molecule has 2 aromatic heterocycles. The molecule has 40 heavy (non-hydrogen) atoms. The number of amides is 2. The van der Waals surface area contributed by atoms with Crippen molar-refractivity contribution in [3.05, 3.63) is 70.5 Å². The Hall–Kier alpha value is -3.41. The molecule has 3 heterocycles. The Labute approximate surface area is 242 Å². The van der Waals surface area contributed by atoms with Crippen LogP contribution in [0.4, 0.5) is 13.2 Å². The van der Waals surface area contributed by atoms with E-state index in [1.54, 1.807) is 23.0 Å². The van der Waals surface area contributed by atoms with Crippen molar-refractivity contribution in [2.75, 3.05) is 19.6 Å². The third kappa shape index (κ3) is 10.6. The highest BCUT2D eigenvalue weighted by Crippen LogP contribution is 2.27. The van der Waals surface area contributed by atoms with Crippen LogP contribution in [0.1, 0.15) is 69.3 Å². The summed E-state index contributed by atoms with van der Waals surface area (Å²) in [5.74, 6) is -1.15. The molecule has 0 spiro atoms. The Morgan fingerprint density at radius 3 is 2.50 bits per heavy atom. The summed E-state index contributed by atoms with van der Waals surface area (Å²) in [5, 5.41) is 7.23. The number of alkyl halides is 3. The van der Waals surface area contributed by atoms with Gasteiger partial charge in [-0.1, -0.05) is 63.2 Å². The number of hydrogen-bond donors (Lipinski definition) is 1. The van der Waals surface area contributed by atoms with Crippen LogP contribution in [-0.4, -0.2) is 57.5 Å². The van der Waals surface area contributed by atoms with E-state index in [0.717, 1.165) is 17.3 Å². The molecule has 0 saturated carbocycles. The molecule has 0 aromatic carbocycles. The zero-order valence-electron chi connectivity index (χ0n) is 23.7. The number of nitrogens with zero attached hydrogens (tertiary/aromatic N) is 4. The molecule has 0 atom stereocenters. The van der Waals surface area contributed by atoms with E-state index in [9.17, 15) is 22.8 Å². The summed E-state index contributed by atoms with van der Waals surface area (Å²) in [6.07, 6.45) is 0.587. The van der Waals surface area contributed by atoms with E-state index in [0.29, 0.717) is 35.4 Å². The molecule has 0 unspecified atom stereocenters. The Bertz CT molecular complexity index is 1220. The van der Waals surface area contributed by atoms with Crippen LogP contribution in [0.5, 0.6) is 0 Å². The Kier molecular flexibility index (Phi) is 14.4. The smallest absolute Gasteiger partial charge is 0.406 e. The predicted octanol–water partition coefficient (Wildman–Crippen LogP) is 6.71. The quantitative estimate of drug-likeness (QED) is 0.259. The molecule has 3 rings (SSSR count). The van der Waals surface area contributed by atoms with Crippen molar-refractivity contribution in [1.29, 1.82) is 0 Å². The highest BCUT2D eigenvalue weighted by atomic mass is 79.9. The van der Waals surface area contributed by atoms with E-state index in [1.165, 1.54) is 4.90 Å². The number of carbonyl (C=O) groups is 2. The van der Waals surface area contributed by atoms with Crippen LogP contribution < -0.4 is 5.32 Å². The Morgan fingerprint density at radius 2 is 1.93 bits per heavy atom. The summed E-state index contributed by atoms with van der Waals surface area (Å²) >= 11 is 3.25. The number of nitrogens with one attached hydrogen (secondary N) is 1. The maximum atomic E-state index is 13.1. The van der Waals surface area contributed by atoms with Crippen molar-refractivity contribution in [3.63, 3.8) is 0 Å². The van der Waals surface area contributed by atoms with Crippen molar-refractivity contribution in [3.8, 4) is 5.69 Å². The molecule has 220 valence electrons. The van der Waals surface area contributed by atoms with Gasteiger partial charge in [0.25, 0.3) is 5.91 Å². The number of hydrogen-bond acceptors (Lipinski definition) is 5. The van der Waals surface area contributed by atoms with E-state index < -0.39 is 12.1 Å². The molecule has 8 nitrogen and oxygen atoms in total. The highest BCUT2D eigenvalue weighted by molar-refractivity contribution is 9.11. The van der Waals surface area contributed by atoms with Gasteiger partial charge in [-0.05, 0) is 49.6 Å². The van der Waals surface area contributed by atoms with Gasteiger partial charge in [0, 0.05) is 29.5 Å². The Balaban J connectivity index is 0.00000191. The lowest BCUT2D eigenvalue weighted by Crippen LogP contribution is -2.50. The molecule has 1 aliphatic rings. The maximum Gasteiger partial charge on any atom is 0.573 e. The van der Waals surface area contributed by atoms with Gasteiger partial charge in [0.2, 0.25) is 5.91 Å². The number of halogens is 4. The van der Waals surface area contributed by atoms with E-state index in [1.807, 2.05) is 53.7 Å². The standard InChI is InChI=1S/C24H25BrF3N5O3.2C2H6/c1-4-17(5-6-18(25)12-16(3)36-24(26,27)28)21-13-20(23(35)32-10-9-30-22(34)14-32)31-33(21)19-7-8-29-15(2)11-19;2*1-2/h5,7-8,11-13H,3-4,6,9-10,14H2,1-2H3,(H,30,34);2*1-2H3/b17-5+,18-12+;;. The number of aromatic nitrogens is 3. The van der Waals surface area contributed by atoms with E-state index in [2.05, 4.69) is 42.6 Å². The van der Waals surface area contributed by atoms with E-state index in [-0.39, 0.29) is 30.5 Å². The average molecular weight is 629 g/mol. The van der Waals surface area contributed by atoms with Gasteiger partial charge < -0.3 is 15.0 Å². The van der Waals surface area contributed by atoms with Crippen molar-refractivity contribution < 1.29 is 27.5 Å². The molecule has 2 aromatic rings. The second-order valence-electron chi connectivity index (χ2n) is 7.95. The molecule has 1 N–H and O–H groups in total. The van der Waals surface area contributed by atoms with Crippen LogP contribution in [0.2, 0.25) is 0 Å². The molecule has 0 bridgehead atoms. The van der Waals surface area contributed by atoms with Gasteiger partial charge in [-0.2, -0.15) is 5.10 Å². The van der Waals surface area contributed by atoms with Crippen molar-refractivity contribution in [1.82, 2.24) is 25.0 Å². The molecule has 2 amide bonds. The fraction of sp³-hybridized carbons (Fsp3) is 0.429. The summed E-state index contributed by atoms with van der Waals surface area (Å²) < 4.78 is 43.0. The van der Waals surface area contributed by atoms with Crippen LogP contribution in [0.15, 0.2) is 53.4 Å². The predicted molar refractivity (Wildman–Crippen MR) is 154 cm³/mol. The third-order valence-corrected chi connectivity index (χ3v) is 5.75. The first-order valence-corrected chi connectivity index (χ1v) is 13.8. The number of rotatable bonds is 8. The van der Waals surface area contributed by atoms with Crippen LogP contribution >= 0.6 is 15.9 Å². The van der Waals surface area contributed by atoms with Crippen LogP contribution in [0, 0.1) is 6.92 Å². The first-order chi connectivity index (χ1) is 19.0. The van der Waals surface area contributed by atoms with Crippen LogP contribution in [0.3, 0.4) is 0 Å². The van der Waals surface area contributed by atoms with E-state index in [4.69, 9.17) is 0 Å². The minimum absolute atomic E-state index is 0.0481. The number of pyridine rings is 1. The fourth-order valence-electron chi connectivity index (χ4n) is 3.61. The molecule has 1 aliphatic heterocycles. The van der Waals surface area contributed by atoms with Crippen molar-refractivity contribution in [2.45, 2.75) is 60.7 Å². The van der Waals surface area contributed by atoms with Gasteiger partial charge in [0.1, 0.15) is 5.76 Å². The van der Waals surface area contributed by atoms with Crippen LogP contribution in [-0.2, 0) is 9.53 Å². The number of aryl methyl sites for hydroxylation is 1. The lowest BCUT2D eigenvalue weighted by molar-refractivity contribution is -0.303. The SMILES string of the molecule is C=C(/C=C(/Br)C/C=C(\CC)c1cc(C(=O)N2CCNC(=O)C2)nn1-c1ccnc(C)c1)OC(F)(F)F.CC.CC. The second kappa shape index (κ2) is 16.6. The highest BCUT2D eigenvalue weighted by Gasteiger charge is 2.31. The fourth-order valence-corrected chi connectivity index (χ4v) is 4.03. The minimum Gasteiger partial charge on any atom is -0.406 e. The summed E-state index contributed by atoms with van der Waals surface area (Å²) in [7, 11) is 0. The number of piperazine rings is 1. The molecule has 0 aliphatic carbocycles. The molecular weight excluding hydrogens is 591 g/mol. The van der Waals surface area contributed by atoms with Gasteiger partial charge in [-0.15, -0.1) is 13.2 Å². The zero-order chi connectivity index (χ0) is 30.5. The molecule has 0 radical (unpaired) electrons. The first kappa shape index (κ1) is 34.6. The lowest BCUT2D eigenvalue weighted by atomic mass is 10.1. The van der Waals surface area contributed by atoms with Crippen LogP contribution in [0.25, 0.3) is 11.3 Å². The molecule has 12 heteroatoms. The maximum absolute atomic E-state index is 13.1. The van der Waals surface area contributed by atoms with Crippen molar-refractivity contribution in [2.24, 2.45) is 0 Å². The van der Waals surface area contributed by atoms with Crippen molar-refractivity contribution >= 4 is 33.3 Å². The summed E-state index contributed by atoms with van der Waals surface area (Å²) in [6, 6.07) is 5.23. The van der Waals surface area contributed by atoms with Gasteiger partial charge in [-0.3, -0.25) is 14.6 Å². The minimum atomic E-state index is -4.82. The number of carbonyl (C=O) groups excluding carboxylic acids is 2. The molecular formula is C28H37BrF3N5O3. The van der Waals surface area contributed by atoms with Gasteiger partial charge in [-0.25, -0.2) is 4.68 Å². The summed E-state index contributed by atoms with van der Waals surface area (Å²) in [4.78, 5) is 30.5. The largest absolute Gasteiger partial charge is 0.573 e. The van der Waals surface area contributed by atoms with Gasteiger partial charge in [0.15, 0.2) is 5.69 Å².